The molecule has 0 amide bonds. The first-order chi connectivity index (χ1) is 11.2. The molecule has 8 nitrogen and oxygen atoms in total. The van der Waals surface area contributed by atoms with Gasteiger partial charge >= 0.3 is 11.7 Å². The highest BCUT2D eigenvalue weighted by molar-refractivity contribution is 7.89. The molecule has 132 valence electrons. The van der Waals surface area contributed by atoms with Gasteiger partial charge in [-0.2, -0.15) is 4.72 Å². The predicted molar refractivity (Wildman–Crippen MR) is 89.4 cm³/mol. The summed E-state index contributed by atoms with van der Waals surface area (Å²) < 4.78 is 30.0. The molecule has 0 aliphatic heterocycles. The lowest BCUT2D eigenvalue weighted by Crippen LogP contribution is -2.40. The number of nitrogens with zero attached hydrogens (tertiary/aromatic N) is 2. The van der Waals surface area contributed by atoms with Crippen molar-refractivity contribution in [1.29, 1.82) is 0 Å². The average Bonchev–Trinajstić information content (AvgIpc) is 2.75. The molecule has 2 N–H and O–H groups in total. The van der Waals surface area contributed by atoms with E-state index in [4.69, 9.17) is 0 Å². The number of fused-ring (bicyclic) bond motifs is 1. The van der Waals surface area contributed by atoms with Gasteiger partial charge in [-0.1, -0.05) is 19.8 Å². The van der Waals surface area contributed by atoms with Crippen molar-refractivity contribution in [3.8, 4) is 0 Å². The van der Waals surface area contributed by atoms with E-state index in [-0.39, 0.29) is 17.0 Å². The van der Waals surface area contributed by atoms with Crippen LogP contribution >= 0.6 is 0 Å². The molecule has 0 fully saturated rings. The molecule has 0 saturated carbocycles. The lowest BCUT2D eigenvalue weighted by Gasteiger charge is -2.14. The van der Waals surface area contributed by atoms with Crippen molar-refractivity contribution >= 4 is 27.0 Å². The van der Waals surface area contributed by atoms with Crippen molar-refractivity contribution in [1.82, 2.24) is 13.9 Å². The number of aliphatic carboxylic acids is 1. The lowest BCUT2D eigenvalue weighted by molar-refractivity contribution is -0.139. The molecular weight excluding hydrogens is 334 g/mol. The van der Waals surface area contributed by atoms with Crippen molar-refractivity contribution in [2.45, 2.75) is 37.1 Å². The largest absolute Gasteiger partial charge is 0.480 e. The Bertz CT molecular complexity index is 926. The minimum absolute atomic E-state index is 0.0704. The van der Waals surface area contributed by atoms with E-state index in [1.165, 1.54) is 27.3 Å². The zero-order valence-corrected chi connectivity index (χ0v) is 14.6. The van der Waals surface area contributed by atoms with Crippen LogP contribution in [0.15, 0.2) is 27.9 Å². The van der Waals surface area contributed by atoms with Crippen LogP contribution in [-0.2, 0) is 28.9 Å². The van der Waals surface area contributed by atoms with Crippen molar-refractivity contribution in [2.24, 2.45) is 14.1 Å². The van der Waals surface area contributed by atoms with Crippen LogP contribution in [0.4, 0.5) is 0 Å². The highest BCUT2D eigenvalue weighted by atomic mass is 32.2. The number of hydrogen-bond donors (Lipinski definition) is 2. The van der Waals surface area contributed by atoms with E-state index >= 15 is 0 Å². The minimum atomic E-state index is -4.00. The maximum atomic E-state index is 12.5. The van der Waals surface area contributed by atoms with E-state index in [1.807, 2.05) is 6.92 Å². The van der Waals surface area contributed by atoms with Crippen LogP contribution in [0.1, 0.15) is 26.2 Å². The van der Waals surface area contributed by atoms with Crippen LogP contribution in [0.5, 0.6) is 0 Å². The summed E-state index contributed by atoms with van der Waals surface area (Å²) in [7, 11) is -0.851. The molecule has 0 unspecified atom stereocenters. The van der Waals surface area contributed by atoms with Gasteiger partial charge in [0, 0.05) is 14.1 Å². The molecule has 0 radical (unpaired) electrons. The van der Waals surface area contributed by atoms with Gasteiger partial charge < -0.3 is 5.11 Å². The van der Waals surface area contributed by atoms with E-state index < -0.39 is 22.0 Å². The molecular formula is C15H21N3O5S. The molecule has 24 heavy (non-hydrogen) atoms. The van der Waals surface area contributed by atoms with Gasteiger partial charge in [0.05, 0.1) is 15.9 Å². The lowest BCUT2D eigenvalue weighted by atomic mass is 10.1. The Balaban J connectivity index is 2.42. The number of unbranched alkanes of at least 4 members (excludes halogenated alkanes) is 1. The standard InChI is InChI=1S/C15H21N3O5S/c1-4-5-6-11(14(19)20)16-24(22,23)10-7-8-12-13(9-10)18(3)15(21)17(12)2/h7-9,11,16H,4-6H2,1-3H3,(H,19,20)/t11-/m0/s1. The van der Waals surface area contributed by atoms with Gasteiger partial charge in [0.15, 0.2) is 0 Å². The van der Waals surface area contributed by atoms with E-state index in [2.05, 4.69) is 4.72 Å². The molecule has 0 bridgehead atoms. The van der Waals surface area contributed by atoms with Gasteiger partial charge in [-0.25, -0.2) is 13.2 Å². The zero-order chi connectivity index (χ0) is 18.1. The number of carboxylic acid groups (broad SMARTS) is 1. The number of hydrogen-bond acceptors (Lipinski definition) is 4. The Labute approximate surface area is 139 Å². The molecule has 1 aromatic heterocycles. The third-order valence-corrected chi connectivity index (χ3v) is 5.46. The maximum absolute atomic E-state index is 12.5. The minimum Gasteiger partial charge on any atom is -0.480 e. The average molecular weight is 355 g/mol. The third kappa shape index (κ3) is 3.36. The van der Waals surface area contributed by atoms with E-state index in [1.54, 1.807) is 14.1 Å². The van der Waals surface area contributed by atoms with Gasteiger partial charge in [0.2, 0.25) is 10.0 Å². The van der Waals surface area contributed by atoms with Crippen molar-refractivity contribution < 1.29 is 18.3 Å². The third-order valence-electron chi connectivity index (χ3n) is 4.00. The fraction of sp³-hybridized carbons (Fsp3) is 0.467. The van der Waals surface area contributed by atoms with Crippen LogP contribution < -0.4 is 10.4 Å². The Hall–Kier alpha value is -2.13. The number of rotatable bonds is 7. The fourth-order valence-electron chi connectivity index (χ4n) is 2.55. The first kappa shape index (κ1) is 18.2. The zero-order valence-electron chi connectivity index (χ0n) is 13.8. The highest BCUT2D eigenvalue weighted by Crippen LogP contribution is 2.18. The molecule has 0 aliphatic carbocycles. The van der Waals surface area contributed by atoms with Gasteiger partial charge in [-0.05, 0) is 24.6 Å². The number of carboxylic acids is 1. The van der Waals surface area contributed by atoms with Gasteiger partial charge in [-0.15, -0.1) is 0 Å². The first-order valence-corrected chi connectivity index (χ1v) is 9.08. The number of sulfonamides is 1. The molecule has 1 atom stereocenters. The topological polar surface area (TPSA) is 110 Å². The van der Waals surface area contributed by atoms with Gasteiger partial charge in [-0.3, -0.25) is 13.9 Å². The Morgan fingerprint density at radius 3 is 2.46 bits per heavy atom. The summed E-state index contributed by atoms with van der Waals surface area (Å²) in [4.78, 5) is 23.1. The summed E-state index contributed by atoms with van der Waals surface area (Å²) in [6.07, 6.45) is 1.59. The molecule has 9 heteroatoms. The van der Waals surface area contributed by atoms with Crippen molar-refractivity contribution in [3.05, 3.63) is 28.7 Å². The van der Waals surface area contributed by atoms with E-state index in [9.17, 15) is 23.1 Å². The fourth-order valence-corrected chi connectivity index (χ4v) is 3.79. The quantitative estimate of drug-likeness (QED) is 0.763. The number of aryl methyl sites for hydroxylation is 2. The molecule has 1 aromatic carbocycles. The number of benzene rings is 1. The Morgan fingerprint density at radius 2 is 1.88 bits per heavy atom. The smallest absolute Gasteiger partial charge is 0.328 e. The number of imidazole rings is 1. The summed E-state index contributed by atoms with van der Waals surface area (Å²) >= 11 is 0. The van der Waals surface area contributed by atoms with Gasteiger partial charge in [0.25, 0.3) is 0 Å². The normalized spacial score (nSPS) is 13.3. The molecule has 2 rings (SSSR count). The summed E-state index contributed by atoms with van der Waals surface area (Å²) in [5.41, 5.74) is 0.798. The summed E-state index contributed by atoms with van der Waals surface area (Å²) in [6, 6.07) is 3.10. The number of carbonyl (C=O) groups is 1. The molecule has 2 aromatic rings. The molecule has 0 aliphatic rings. The number of aromatic nitrogens is 2. The molecule has 0 spiro atoms. The maximum Gasteiger partial charge on any atom is 0.328 e. The second-order valence-corrected chi connectivity index (χ2v) is 7.42. The van der Waals surface area contributed by atoms with E-state index in [0.717, 1.165) is 6.42 Å². The summed E-state index contributed by atoms with van der Waals surface area (Å²) in [5.74, 6) is -1.21. The van der Waals surface area contributed by atoms with Crippen LogP contribution in [-0.4, -0.2) is 34.7 Å². The predicted octanol–water partition coefficient (Wildman–Crippen LogP) is 0.799. The second kappa shape index (κ2) is 6.78. The Morgan fingerprint density at radius 1 is 1.25 bits per heavy atom. The first-order valence-electron chi connectivity index (χ1n) is 7.59. The monoisotopic (exact) mass is 355 g/mol. The van der Waals surface area contributed by atoms with E-state index in [0.29, 0.717) is 17.5 Å². The van der Waals surface area contributed by atoms with Crippen LogP contribution in [0, 0.1) is 0 Å². The summed E-state index contributed by atoms with van der Waals surface area (Å²) in [5, 5.41) is 9.19. The summed E-state index contributed by atoms with van der Waals surface area (Å²) in [6.45, 7) is 1.90. The van der Waals surface area contributed by atoms with Crippen molar-refractivity contribution in [2.75, 3.05) is 0 Å². The van der Waals surface area contributed by atoms with Crippen LogP contribution in [0.3, 0.4) is 0 Å². The van der Waals surface area contributed by atoms with Crippen LogP contribution in [0.25, 0.3) is 11.0 Å². The Kier molecular flexibility index (Phi) is 5.14. The van der Waals surface area contributed by atoms with Crippen molar-refractivity contribution in [3.63, 3.8) is 0 Å². The number of nitrogens with one attached hydrogen (secondary N) is 1. The molecule has 1 heterocycles. The van der Waals surface area contributed by atoms with Gasteiger partial charge in [0.1, 0.15) is 6.04 Å². The second-order valence-electron chi connectivity index (χ2n) is 5.71. The SMILES string of the molecule is CCCC[C@H](NS(=O)(=O)c1ccc2c(c1)n(C)c(=O)n2C)C(=O)O. The highest BCUT2D eigenvalue weighted by Gasteiger charge is 2.25. The molecule has 0 saturated heterocycles. The van der Waals surface area contributed by atoms with Crippen LogP contribution in [0.2, 0.25) is 0 Å².